The molecule has 0 unspecified atom stereocenters. The Labute approximate surface area is 168 Å². The van der Waals surface area contributed by atoms with E-state index in [1.165, 1.54) is 11.8 Å². The van der Waals surface area contributed by atoms with Crippen LogP contribution >= 0.6 is 11.3 Å². The van der Waals surface area contributed by atoms with Gasteiger partial charge >= 0.3 is 0 Å². The van der Waals surface area contributed by atoms with Crippen molar-refractivity contribution in [2.45, 2.75) is 32.7 Å². The first kappa shape index (κ1) is 19.9. The maximum atomic E-state index is 12.5. The summed E-state index contributed by atoms with van der Waals surface area (Å²) in [6.07, 6.45) is 3.59. The van der Waals surface area contributed by atoms with Crippen molar-refractivity contribution in [3.05, 3.63) is 81.4 Å². The molecule has 0 radical (unpaired) electrons. The van der Waals surface area contributed by atoms with Gasteiger partial charge in [-0.25, -0.2) is 0 Å². The molecule has 0 aliphatic carbocycles. The minimum atomic E-state index is -0.321. The molecular weight excluding hydrogens is 372 g/mol. The molecule has 2 N–H and O–H groups in total. The Morgan fingerprint density at radius 3 is 2.54 bits per heavy atom. The summed E-state index contributed by atoms with van der Waals surface area (Å²) in [5.74, 6) is -0.0370. The summed E-state index contributed by atoms with van der Waals surface area (Å²) in [4.78, 5) is 25.7. The van der Waals surface area contributed by atoms with Crippen molar-refractivity contribution >= 4 is 23.2 Å². The second-order valence-corrected chi connectivity index (χ2v) is 7.56. The lowest BCUT2D eigenvalue weighted by molar-refractivity contribution is -0.120. The molecule has 146 valence electrons. The fraction of sp³-hybridized carbons (Fsp3) is 0.273. The molecule has 2 heterocycles. The predicted octanol–water partition coefficient (Wildman–Crippen LogP) is 4.24. The Balaban J connectivity index is 1.67. The molecule has 0 spiro atoms. The van der Waals surface area contributed by atoms with Crippen LogP contribution in [0.1, 0.15) is 51.5 Å². The van der Waals surface area contributed by atoms with Gasteiger partial charge in [-0.1, -0.05) is 43.7 Å². The number of thiophene rings is 1. The average Bonchev–Trinajstić information content (AvgIpc) is 3.37. The normalized spacial score (nSPS) is 11.8. The van der Waals surface area contributed by atoms with Crippen molar-refractivity contribution < 1.29 is 14.0 Å². The predicted molar refractivity (Wildman–Crippen MR) is 111 cm³/mol. The van der Waals surface area contributed by atoms with Crippen molar-refractivity contribution in [3.8, 4) is 0 Å². The van der Waals surface area contributed by atoms with E-state index in [2.05, 4.69) is 41.8 Å². The number of carbonyl (C=O) groups excluding carboxylic acids is 2. The van der Waals surface area contributed by atoms with Crippen LogP contribution in [0.4, 0.5) is 0 Å². The van der Waals surface area contributed by atoms with Gasteiger partial charge in [0.25, 0.3) is 5.91 Å². The second kappa shape index (κ2) is 9.37. The Morgan fingerprint density at radius 2 is 1.93 bits per heavy atom. The van der Waals surface area contributed by atoms with Gasteiger partial charge in [0.1, 0.15) is 5.76 Å². The number of rotatable bonds is 8. The van der Waals surface area contributed by atoms with Gasteiger partial charge in [0.2, 0.25) is 5.91 Å². The minimum Gasteiger partial charge on any atom is -0.469 e. The summed E-state index contributed by atoms with van der Waals surface area (Å²) < 4.78 is 5.13. The highest BCUT2D eigenvalue weighted by atomic mass is 32.1. The fourth-order valence-electron chi connectivity index (χ4n) is 3.03. The third-order valence-electron chi connectivity index (χ3n) is 4.50. The van der Waals surface area contributed by atoms with Crippen molar-refractivity contribution in [1.29, 1.82) is 0 Å². The van der Waals surface area contributed by atoms with E-state index < -0.39 is 0 Å². The molecule has 3 aromatic rings. The number of nitrogens with one attached hydrogen (secondary N) is 2. The van der Waals surface area contributed by atoms with Crippen LogP contribution in [0.3, 0.4) is 0 Å². The van der Waals surface area contributed by atoms with Gasteiger partial charge in [0.15, 0.2) is 0 Å². The molecule has 2 aromatic heterocycles. The van der Waals surface area contributed by atoms with Crippen LogP contribution in [0.15, 0.2) is 58.5 Å². The molecule has 2 amide bonds. The van der Waals surface area contributed by atoms with E-state index in [9.17, 15) is 9.59 Å². The second-order valence-electron chi connectivity index (χ2n) is 6.58. The maximum Gasteiger partial charge on any atom is 0.255 e. The monoisotopic (exact) mass is 396 g/mol. The van der Waals surface area contributed by atoms with Crippen LogP contribution in [0.2, 0.25) is 0 Å². The highest BCUT2D eigenvalue weighted by Gasteiger charge is 2.19. The lowest BCUT2D eigenvalue weighted by atomic mass is 10.0. The Kier molecular flexibility index (Phi) is 6.66. The van der Waals surface area contributed by atoms with Gasteiger partial charge in [-0.15, -0.1) is 11.3 Å². The maximum absolute atomic E-state index is 12.5. The molecule has 0 bridgehead atoms. The van der Waals surface area contributed by atoms with Gasteiger partial charge < -0.3 is 15.1 Å². The van der Waals surface area contributed by atoms with E-state index in [4.69, 9.17) is 4.42 Å². The zero-order valence-corrected chi connectivity index (χ0v) is 16.8. The Bertz CT molecular complexity index is 914. The topological polar surface area (TPSA) is 71.3 Å². The SMILES string of the molecule is CCCc1ccc([C@@H](NC(=O)CNC(=O)c2ccoc2C)c2cccs2)cc1. The Morgan fingerprint density at radius 1 is 1.14 bits per heavy atom. The number of amides is 2. The van der Waals surface area contributed by atoms with Crippen molar-refractivity contribution in [2.75, 3.05) is 6.54 Å². The van der Waals surface area contributed by atoms with Crippen molar-refractivity contribution in [1.82, 2.24) is 10.6 Å². The summed E-state index contributed by atoms with van der Waals surface area (Å²) in [5, 5.41) is 7.67. The third kappa shape index (κ3) is 4.89. The van der Waals surface area contributed by atoms with Crippen LogP contribution in [0, 0.1) is 6.92 Å². The Hall–Kier alpha value is -2.86. The van der Waals surface area contributed by atoms with E-state index in [0.717, 1.165) is 23.3 Å². The minimum absolute atomic E-state index is 0.0980. The first-order valence-corrected chi connectivity index (χ1v) is 10.2. The van der Waals surface area contributed by atoms with E-state index in [1.807, 2.05) is 17.5 Å². The van der Waals surface area contributed by atoms with Crippen LogP contribution in [-0.4, -0.2) is 18.4 Å². The molecule has 5 nitrogen and oxygen atoms in total. The standard InChI is InChI=1S/C22H24N2O3S/c1-3-5-16-7-9-17(10-8-16)21(19-6-4-13-28-19)24-20(25)14-23-22(26)18-11-12-27-15(18)2/h4,6-13,21H,3,5,14H2,1-2H3,(H,23,26)(H,24,25)/t21-/m1/s1. The van der Waals surface area contributed by atoms with E-state index >= 15 is 0 Å². The molecule has 3 rings (SSSR count). The number of aryl methyl sites for hydroxylation is 2. The van der Waals surface area contributed by atoms with Crippen LogP contribution in [0.5, 0.6) is 0 Å². The summed E-state index contributed by atoms with van der Waals surface area (Å²) >= 11 is 1.59. The molecule has 0 saturated heterocycles. The summed E-state index contributed by atoms with van der Waals surface area (Å²) in [5.41, 5.74) is 2.74. The number of hydrogen-bond acceptors (Lipinski definition) is 4. The van der Waals surface area contributed by atoms with Gasteiger partial charge in [-0.3, -0.25) is 9.59 Å². The van der Waals surface area contributed by atoms with Crippen LogP contribution in [-0.2, 0) is 11.2 Å². The molecule has 6 heteroatoms. The number of benzene rings is 1. The number of carbonyl (C=O) groups is 2. The van der Waals surface area contributed by atoms with E-state index in [1.54, 1.807) is 24.3 Å². The van der Waals surface area contributed by atoms with E-state index in [0.29, 0.717) is 11.3 Å². The lowest BCUT2D eigenvalue weighted by Gasteiger charge is -2.19. The van der Waals surface area contributed by atoms with Gasteiger partial charge in [0.05, 0.1) is 24.4 Å². The first-order valence-electron chi connectivity index (χ1n) is 9.32. The van der Waals surface area contributed by atoms with Crippen molar-refractivity contribution in [3.63, 3.8) is 0 Å². The summed E-state index contributed by atoms with van der Waals surface area (Å²) in [6, 6.07) is 13.7. The highest BCUT2D eigenvalue weighted by molar-refractivity contribution is 7.10. The fourth-order valence-corrected chi connectivity index (χ4v) is 3.83. The molecule has 28 heavy (non-hydrogen) atoms. The zero-order chi connectivity index (χ0) is 19.9. The molecule has 0 aliphatic heterocycles. The lowest BCUT2D eigenvalue weighted by Crippen LogP contribution is -2.38. The summed E-state index contributed by atoms with van der Waals surface area (Å²) in [6.45, 7) is 3.77. The summed E-state index contributed by atoms with van der Waals surface area (Å²) in [7, 11) is 0. The third-order valence-corrected chi connectivity index (χ3v) is 5.43. The first-order chi connectivity index (χ1) is 13.6. The zero-order valence-electron chi connectivity index (χ0n) is 16.0. The van der Waals surface area contributed by atoms with Crippen molar-refractivity contribution in [2.24, 2.45) is 0 Å². The highest BCUT2D eigenvalue weighted by Crippen LogP contribution is 2.26. The van der Waals surface area contributed by atoms with Crippen LogP contribution < -0.4 is 10.6 Å². The molecule has 0 saturated carbocycles. The molecule has 0 fully saturated rings. The number of hydrogen-bond donors (Lipinski definition) is 2. The largest absolute Gasteiger partial charge is 0.469 e. The van der Waals surface area contributed by atoms with Crippen LogP contribution in [0.25, 0.3) is 0 Å². The molecular formula is C22H24N2O3S. The quantitative estimate of drug-likeness (QED) is 0.598. The smallest absolute Gasteiger partial charge is 0.255 e. The number of furan rings is 1. The average molecular weight is 397 g/mol. The van der Waals surface area contributed by atoms with Gasteiger partial charge in [0, 0.05) is 4.88 Å². The molecule has 1 aromatic carbocycles. The molecule has 0 aliphatic rings. The van der Waals surface area contributed by atoms with E-state index in [-0.39, 0.29) is 24.4 Å². The molecule has 1 atom stereocenters. The van der Waals surface area contributed by atoms with Gasteiger partial charge in [-0.2, -0.15) is 0 Å². The van der Waals surface area contributed by atoms with Gasteiger partial charge in [-0.05, 0) is 42.0 Å².